The van der Waals surface area contributed by atoms with Gasteiger partial charge in [-0.15, -0.1) is 11.3 Å². The van der Waals surface area contributed by atoms with Crippen molar-refractivity contribution >= 4 is 11.3 Å². The molecule has 0 bridgehead atoms. The molecule has 0 radical (unpaired) electrons. The molecule has 0 saturated carbocycles. The highest BCUT2D eigenvalue weighted by atomic mass is 32.1. The van der Waals surface area contributed by atoms with Gasteiger partial charge in [0, 0.05) is 23.5 Å². The second-order valence-corrected chi connectivity index (χ2v) is 6.74. The van der Waals surface area contributed by atoms with Crippen molar-refractivity contribution in [3.8, 4) is 0 Å². The highest BCUT2D eigenvalue weighted by Gasteiger charge is 2.15. The van der Waals surface area contributed by atoms with Crippen LogP contribution in [0, 0.1) is 0 Å². The van der Waals surface area contributed by atoms with Crippen molar-refractivity contribution in [2.75, 3.05) is 6.54 Å². The molecule has 1 aliphatic rings. The normalized spacial score (nSPS) is 22.1. The second kappa shape index (κ2) is 8.03. The van der Waals surface area contributed by atoms with E-state index < -0.39 is 0 Å². The monoisotopic (exact) mass is 280 g/mol. The van der Waals surface area contributed by atoms with Gasteiger partial charge in [-0.3, -0.25) is 0 Å². The number of rotatable bonds is 6. The molecule has 0 aromatic carbocycles. The summed E-state index contributed by atoms with van der Waals surface area (Å²) >= 11 is 1.89. The largest absolute Gasteiger partial charge is 0.314 e. The third-order valence-corrected chi connectivity index (χ3v) is 5.09. The minimum Gasteiger partial charge on any atom is -0.314 e. The van der Waals surface area contributed by atoms with Crippen molar-refractivity contribution in [1.29, 1.82) is 0 Å². The third kappa shape index (κ3) is 4.90. The van der Waals surface area contributed by atoms with Gasteiger partial charge in [-0.25, -0.2) is 0 Å². The van der Waals surface area contributed by atoms with Crippen LogP contribution in [0.25, 0.3) is 0 Å². The Bertz CT molecular complexity index is 353. The Morgan fingerprint density at radius 1 is 1.42 bits per heavy atom. The maximum atomic E-state index is 3.70. The fraction of sp³-hybridized carbons (Fsp3) is 0.750. The SMILES string of the molecule is CCc1ccsc1CNC(C)CC1CCCCCN1. The van der Waals surface area contributed by atoms with Gasteiger partial charge in [-0.2, -0.15) is 0 Å². The molecule has 1 aliphatic heterocycles. The number of hydrogen-bond acceptors (Lipinski definition) is 3. The summed E-state index contributed by atoms with van der Waals surface area (Å²) in [6, 6.07) is 3.58. The minimum atomic E-state index is 0.599. The topological polar surface area (TPSA) is 24.1 Å². The van der Waals surface area contributed by atoms with Crippen LogP contribution in [0.15, 0.2) is 11.4 Å². The molecule has 0 aliphatic carbocycles. The third-order valence-electron chi connectivity index (χ3n) is 4.13. The Labute approximate surface area is 122 Å². The Morgan fingerprint density at radius 2 is 2.32 bits per heavy atom. The van der Waals surface area contributed by atoms with Crippen LogP contribution >= 0.6 is 11.3 Å². The lowest BCUT2D eigenvalue weighted by Crippen LogP contribution is -2.36. The lowest BCUT2D eigenvalue weighted by Gasteiger charge is -2.21. The van der Waals surface area contributed by atoms with Crippen LogP contribution in [0.4, 0.5) is 0 Å². The van der Waals surface area contributed by atoms with E-state index in [4.69, 9.17) is 0 Å². The van der Waals surface area contributed by atoms with Gasteiger partial charge < -0.3 is 10.6 Å². The van der Waals surface area contributed by atoms with Crippen molar-refractivity contribution in [3.05, 3.63) is 21.9 Å². The van der Waals surface area contributed by atoms with Gasteiger partial charge in [0.2, 0.25) is 0 Å². The van der Waals surface area contributed by atoms with Gasteiger partial charge in [0.05, 0.1) is 0 Å². The summed E-state index contributed by atoms with van der Waals surface area (Å²) in [4.78, 5) is 1.52. The highest BCUT2D eigenvalue weighted by Crippen LogP contribution is 2.18. The molecular formula is C16H28N2S. The molecule has 3 heteroatoms. The molecule has 0 amide bonds. The van der Waals surface area contributed by atoms with E-state index in [1.807, 2.05) is 11.3 Å². The number of nitrogens with one attached hydrogen (secondary N) is 2. The minimum absolute atomic E-state index is 0.599. The number of aryl methyl sites for hydroxylation is 1. The van der Waals surface area contributed by atoms with E-state index in [0.29, 0.717) is 6.04 Å². The maximum Gasteiger partial charge on any atom is 0.0304 e. The van der Waals surface area contributed by atoms with Crippen LogP contribution in [0.2, 0.25) is 0 Å². The zero-order valence-electron chi connectivity index (χ0n) is 12.4. The van der Waals surface area contributed by atoms with Crippen molar-refractivity contribution < 1.29 is 0 Å². The Morgan fingerprint density at radius 3 is 3.16 bits per heavy atom. The fourth-order valence-electron chi connectivity index (χ4n) is 2.92. The summed E-state index contributed by atoms with van der Waals surface area (Å²) in [5.41, 5.74) is 1.51. The van der Waals surface area contributed by atoms with Gasteiger partial charge in [0.15, 0.2) is 0 Å². The molecule has 2 unspecified atom stereocenters. The second-order valence-electron chi connectivity index (χ2n) is 5.74. The molecule has 2 atom stereocenters. The van der Waals surface area contributed by atoms with Crippen molar-refractivity contribution in [2.24, 2.45) is 0 Å². The Hall–Kier alpha value is -0.380. The lowest BCUT2D eigenvalue weighted by molar-refractivity contribution is 0.403. The molecule has 19 heavy (non-hydrogen) atoms. The summed E-state index contributed by atoms with van der Waals surface area (Å²) < 4.78 is 0. The molecule has 0 spiro atoms. The predicted molar refractivity (Wildman–Crippen MR) is 84.9 cm³/mol. The van der Waals surface area contributed by atoms with E-state index in [9.17, 15) is 0 Å². The number of hydrogen-bond donors (Lipinski definition) is 2. The molecule has 2 heterocycles. The molecule has 1 aromatic heterocycles. The van der Waals surface area contributed by atoms with Crippen LogP contribution in [0.3, 0.4) is 0 Å². The summed E-state index contributed by atoms with van der Waals surface area (Å²) in [6.07, 6.45) is 7.92. The van der Waals surface area contributed by atoms with Crippen LogP contribution in [-0.2, 0) is 13.0 Å². The first-order chi connectivity index (χ1) is 9.29. The highest BCUT2D eigenvalue weighted by molar-refractivity contribution is 7.10. The van der Waals surface area contributed by atoms with Crippen LogP contribution in [0.5, 0.6) is 0 Å². The summed E-state index contributed by atoms with van der Waals surface area (Å²) in [6.45, 7) is 6.81. The molecule has 1 saturated heterocycles. The zero-order valence-corrected chi connectivity index (χ0v) is 13.2. The molecule has 2 N–H and O–H groups in total. The molecule has 2 rings (SSSR count). The number of thiophene rings is 1. The Balaban J connectivity index is 1.73. The molecular weight excluding hydrogens is 252 g/mol. The van der Waals surface area contributed by atoms with Crippen LogP contribution in [-0.4, -0.2) is 18.6 Å². The average Bonchev–Trinajstić information content (AvgIpc) is 2.72. The van der Waals surface area contributed by atoms with E-state index in [-0.39, 0.29) is 0 Å². The van der Waals surface area contributed by atoms with Gasteiger partial charge in [0.1, 0.15) is 0 Å². The van der Waals surface area contributed by atoms with Gasteiger partial charge in [-0.05, 0) is 56.2 Å². The van der Waals surface area contributed by atoms with Crippen molar-refractivity contribution in [3.63, 3.8) is 0 Å². The van der Waals surface area contributed by atoms with Crippen LogP contribution in [0.1, 0.15) is 56.4 Å². The summed E-state index contributed by atoms with van der Waals surface area (Å²) in [7, 11) is 0. The quantitative estimate of drug-likeness (QED) is 0.830. The van der Waals surface area contributed by atoms with Gasteiger partial charge in [-0.1, -0.05) is 19.8 Å². The molecule has 108 valence electrons. The first kappa shape index (κ1) is 15.0. The summed E-state index contributed by atoms with van der Waals surface area (Å²) in [5, 5.41) is 9.60. The van der Waals surface area contributed by atoms with E-state index >= 15 is 0 Å². The smallest absolute Gasteiger partial charge is 0.0304 e. The van der Waals surface area contributed by atoms with Crippen LogP contribution < -0.4 is 10.6 Å². The van der Waals surface area contributed by atoms with Crippen molar-refractivity contribution in [2.45, 2.75) is 71.0 Å². The standard InChI is InChI=1S/C16H28N2S/c1-3-14-8-10-19-16(14)12-18-13(2)11-15-7-5-4-6-9-17-15/h8,10,13,15,17-18H,3-7,9,11-12H2,1-2H3. The lowest BCUT2D eigenvalue weighted by atomic mass is 10.0. The van der Waals surface area contributed by atoms with Crippen molar-refractivity contribution in [1.82, 2.24) is 10.6 Å². The van der Waals surface area contributed by atoms with E-state index in [1.165, 1.54) is 49.1 Å². The van der Waals surface area contributed by atoms with E-state index in [1.54, 1.807) is 0 Å². The van der Waals surface area contributed by atoms with E-state index in [2.05, 4.69) is 35.9 Å². The average molecular weight is 280 g/mol. The predicted octanol–water partition coefficient (Wildman–Crippen LogP) is 3.71. The first-order valence-electron chi connectivity index (χ1n) is 7.81. The van der Waals surface area contributed by atoms with E-state index in [0.717, 1.165) is 19.0 Å². The molecule has 2 nitrogen and oxygen atoms in total. The molecule has 1 aromatic rings. The van der Waals surface area contributed by atoms with Gasteiger partial charge >= 0.3 is 0 Å². The maximum absolute atomic E-state index is 3.70. The molecule has 1 fully saturated rings. The zero-order chi connectivity index (χ0) is 13.5. The first-order valence-corrected chi connectivity index (χ1v) is 8.69. The summed E-state index contributed by atoms with van der Waals surface area (Å²) in [5.74, 6) is 0. The Kier molecular flexibility index (Phi) is 6.35. The fourth-order valence-corrected chi connectivity index (χ4v) is 3.84. The van der Waals surface area contributed by atoms with Gasteiger partial charge in [0.25, 0.3) is 0 Å².